The van der Waals surface area contributed by atoms with Gasteiger partial charge in [0, 0.05) is 5.70 Å². The van der Waals surface area contributed by atoms with Gasteiger partial charge in [0.15, 0.2) is 0 Å². The number of carbonyl (C=O) groups excluding carboxylic acids is 2. The highest BCUT2D eigenvalue weighted by molar-refractivity contribution is 5.37. The van der Waals surface area contributed by atoms with Gasteiger partial charge in [-0.2, -0.15) is 4.99 Å². The molecule has 0 amide bonds. The number of allylic oxidation sites excluding steroid dienone is 3. The van der Waals surface area contributed by atoms with Crippen LogP contribution < -0.4 is 0 Å². The van der Waals surface area contributed by atoms with Crippen molar-refractivity contribution >= 4 is 12.2 Å². The van der Waals surface area contributed by atoms with Crippen molar-refractivity contribution in [1.29, 1.82) is 0 Å². The fourth-order valence-electron chi connectivity index (χ4n) is 2.84. The Morgan fingerprint density at radius 2 is 2.00 bits per heavy atom. The zero-order valence-corrected chi connectivity index (χ0v) is 11.0. The zero-order chi connectivity index (χ0) is 13.5. The van der Waals surface area contributed by atoms with E-state index in [4.69, 9.17) is 0 Å². The first-order valence-corrected chi connectivity index (χ1v) is 6.83. The summed E-state index contributed by atoms with van der Waals surface area (Å²) >= 11 is 0. The number of isocyanates is 2. The van der Waals surface area contributed by atoms with Crippen LogP contribution in [0.1, 0.15) is 44.9 Å². The van der Waals surface area contributed by atoms with E-state index >= 15 is 0 Å². The van der Waals surface area contributed by atoms with Crippen molar-refractivity contribution in [3.63, 3.8) is 0 Å². The predicted octanol–water partition coefficient (Wildman–Crippen LogP) is 3.21. The van der Waals surface area contributed by atoms with Crippen molar-refractivity contribution < 1.29 is 9.59 Å². The van der Waals surface area contributed by atoms with Gasteiger partial charge < -0.3 is 0 Å². The molecule has 0 spiro atoms. The van der Waals surface area contributed by atoms with Gasteiger partial charge in [-0.05, 0) is 50.9 Å². The molecule has 0 N–H and O–H groups in total. The Bertz CT molecular complexity index is 480. The van der Waals surface area contributed by atoms with Gasteiger partial charge in [-0.1, -0.05) is 17.7 Å². The summed E-state index contributed by atoms with van der Waals surface area (Å²) in [5, 5.41) is 0. The van der Waals surface area contributed by atoms with Gasteiger partial charge in [0.05, 0.1) is 6.04 Å². The molecule has 4 heteroatoms. The molecule has 2 aliphatic carbocycles. The molecule has 0 unspecified atom stereocenters. The molecule has 0 saturated heterocycles. The maximum atomic E-state index is 10.2. The maximum absolute atomic E-state index is 10.2. The third-order valence-electron chi connectivity index (χ3n) is 3.95. The van der Waals surface area contributed by atoms with E-state index in [1.165, 1.54) is 5.57 Å². The van der Waals surface area contributed by atoms with E-state index in [1.807, 2.05) is 0 Å². The highest BCUT2D eigenvalue weighted by Gasteiger charge is 2.19. The van der Waals surface area contributed by atoms with E-state index in [-0.39, 0.29) is 6.04 Å². The lowest BCUT2D eigenvalue weighted by molar-refractivity contribution is 0.446. The summed E-state index contributed by atoms with van der Waals surface area (Å²) in [4.78, 5) is 27.9. The molecule has 4 nitrogen and oxygen atoms in total. The molecule has 0 saturated carbocycles. The van der Waals surface area contributed by atoms with Gasteiger partial charge in [0.2, 0.25) is 12.2 Å². The van der Waals surface area contributed by atoms with Crippen LogP contribution in [0.4, 0.5) is 0 Å². The molecule has 100 valence electrons. The van der Waals surface area contributed by atoms with E-state index in [9.17, 15) is 9.59 Å². The summed E-state index contributed by atoms with van der Waals surface area (Å²) in [6.45, 7) is 0. The first kappa shape index (κ1) is 13.7. The van der Waals surface area contributed by atoms with E-state index < -0.39 is 0 Å². The molecule has 0 fully saturated rings. The third kappa shape index (κ3) is 4.13. The van der Waals surface area contributed by atoms with Crippen molar-refractivity contribution in [3.8, 4) is 0 Å². The monoisotopic (exact) mass is 258 g/mol. The second kappa shape index (κ2) is 6.98. The van der Waals surface area contributed by atoms with Crippen LogP contribution in [0.5, 0.6) is 0 Å². The average Bonchev–Trinajstić information content (AvgIpc) is 2.44. The Morgan fingerprint density at radius 3 is 2.58 bits per heavy atom. The van der Waals surface area contributed by atoms with Crippen LogP contribution in [0.25, 0.3) is 0 Å². The SMILES string of the molecule is O=C=NC1=CC[C@@H](CC2=CC[C@H](N=C=O)CC2)CC1. The van der Waals surface area contributed by atoms with Crippen LogP contribution in [0.3, 0.4) is 0 Å². The molecule has 0 bridgehead atoms. The minimum Gasteiger partial charge on any atom is -0.211 e. The summed E-state index contributed by atoms with van der Waals surface area (Å²) in [6.07, 6.45) is 14.5. The summed E-state index contributed by atoms with van der Waals surface area (Å²) in [5.41, 5.74) is 2.36. The molecule has 2 rings (SSSR count). The predicted molar refractivity (Wildman–Crippen MR) is 72.0 cm³/mol. The van der Waals surface area contributed by atoms with Crippen LogP contribution in [0, 0.1) is 5.92 Å². The molecule has 2 atom stereocenters. The quantitative estimate of drug-likeness (QED) is 0.441. The van der Waals surface area contributed by atoms with Crippen LogP contribution in [0.15, 0.2) is 33.4 Å². The third-order valence-corrected chi connectivity index (χ3v) is 3.95. The summed E-state index contributed by atoms with van der Waals surface area (Å²) in [5.74, 6) is 0.656. The maximum Gasteiger partial charge on any atom is 0.240 e. The van der Waals surface area contributed by atoms with Crippen molar-refractivity contribution in [1.82, 2.24) is 0 Å². The number of hydrogen-bond acceptors (Lipinski definition) is 4. The molecule has 0 heterocycles. The minimum absolute atomic E-state index is 0.140. The Hall–Kier alpha value is -1.76. The van der Waals surface area contributed by atoms with Crippen molar-refractivity contribution in [2.75, 3.05) is 0 Å². The number of aliphatic imine (C=N–C) groups is 2. The summed E-state index contributed by atoms with van der Waals surface area (Å²) < 4.78 is 0. The normalized spacial score (nSPS) is 26.5. The summed E-state index contributed by atoms with van der Waals surface area (Å²) in [6, 6.07) is 0.140. The van der Waals surface area contributed by atoms with Crippen LogP contribution in [-0.4, -0.2) is 18.2 Å². The highest BCUT2D eigenvalue weighted by atomic mass is 16.1. The van der Waals surface area contributed by atoms with E-state index in [1.54, 1.807) is 12.2 Å². The lowest BCUT2D eigenvalue weighted by atomic mass is 9.83. The minimum atomic E-state index is 0.140. The number of hydrogen-bond donors (Lipinski definition) is 0. The van der Waals surface area contributed by atoms with Gasteiger partial charge in [-0.25, -0.2) is 14.6 Å². The molecular formula is C15H18N2O2. The van der Waals surface area contributed by atoms with Gasteiger partial charge in [-0.15, -0.1) is 0 Å². The molecule has 19 heavy (non-hydrogen) atoms. The largest absolute Gasteiger partial charge is 0.240 e. The second-order valence-electron chi connectivity index (χ2n) is 5.25. The Labute approximate surface area is 113 Å². The highest BCUT2D eigenvalue weighted by Crippen LogP contribution is 2.32. The summed E-state index contributed by atoms with van der Waals surface area (Å²) in [7, 11) is 0. The van der Waals surface area contributed by atoms with Gasteiger partial charge in [-0.3, -0.25) is 0 Å². The Kier molecular flexibility index (Phi) is 5.02. The van der Waals surface area contributed by atoms with Crippen LogP contribution in [0.2, 0.25) is 0 Å². The van der Waals surface area contributed by atoms with Gasteiger partial charge in [0.25, 0.3) is 0 Å². The van der Waals surface area contributed by atoms with E-state index in [0.29, 0.717) is 5.92 Å². The molecule has 2 aliphatic rings. The molecule has 0 aromatic rings. The topological polar surface area (TPSA) is 58.9 Å². The van der Waals surface area contributed by atoms with Crippen molar-refractivity contribution in [2.24, 2.45) is 15.9 Å². The fraction of sp³-hybridized carbons (Fsp3) is 0.600. The first-order chi connectivity index (χ1) is 9.31. The lowest BCUT2D eigenvalue weighted by Crippen LogP contribution is -2.12. The smallest absolute Gasteiger partial charge is 0.211 e. The molecule has 0 aromatic carbocycles. The Morgan fingerprint density at radius 1 is 1.11 bits per heavy atom. The van der Waals surface area contributed by atoms with E-state index in [2.05, 4.69) is 22.1 Å². The average molecular weight is 258 g/mol. The van der Waals surface area contributed by atoms with Crippen molar-refractivity contribution in [3.05, 3.63) is 23.4 Å². The van der Waals surface area contributed by atoms with Crippen LogP contribution >= 0.6 is 0 Å². The number of rotatable bonds is 4. The standard InChI is InChI=1S/C15H18N2O2/c18-10-16-14-5-1-12(2-6-14)9-13-3-7-15(8-4-13)17-11-19/h1,7,13-14H,2-6,8-9H2/t13-,14+/m1/s1. The number of nitrogens with zero attached hydrogens (tertiary/aromatic N) is 2. The fourth-order valence-corrected chi connectivity index (χ4v) is 2.84. The molecular weight excluding hydrogens is 240 g/mol. The van der Waals surface area contributed by atoms with Gasteiger partial charge >= 0.3 is 0 Å². The van der Waals surface area contributed by atoms with Crippen molar-refractivity contribution in [2.45, 2.75) is 51.0 Å². The molecule has 0 aliphatic heterocycles. The Balaban J connectivity index is 1.83. The van der Waals surface area contributed by atoms with Gasteiger partial charge in [0.1, 0.15) is 0 Å². The molecule has 0 radical (unpaired) electrons. The molecule has 0 aromatic heterocycles. The second-order valence-corrected chi connectivity index (χ2v) is 5.25. The first-order valence-electron chi connectivity index (χ1n) is 6.83. The van der Waals surface area contributed by atoms with Crippen LogP contribution in [-0.2, 0) is 9.59 Å². The van der Waals surface area contributed by atoms with E-state index in [0.717, 1.165) is 50.6 Å². The lowest BCUT2D eigenvalue weighted by Gasteiger charge is -2.24. The zero-order valence-electron chi connectivity index (χ0n) is 11.0.